The molecule has 0 aliphatic heterocycles. The summed E-state index contributed by atoms with van der Waals surface area (Å²) >= 11 is 0. The van der Waals surface area contributed by atoms with Gasteiger partial charge in [0.05, 0.1) is 6.26 Å². The van der Waals surface area contributed by atoms with Crippen LogP contribution in [0.3, 0.4) is 0 Å². The largest absolute Gasteiger partial charge is 0.353 e. The minimum atomic E-state index is -3.33. The molecule has 5 nitrogen and oxygen atoms in total. The van der Waals surface area contributed by atoms with Gasteiger partial charge in [0.2, 0.25) is 15.9 Å². The Morgan fingerprint density at radius 2 is 2.10 bits per heavy atom. The molecule has 1 aliphatic carbocycles. The van der Waals surface area contributed by atoms with Crippen LogP contribution in [-0.2, 0) is 21.4 Å². The second-order valence-electron chi connectivity index (χ2n) is 5.68. The van der Waals surface area contributed by atoms with E-state index in [-0.39, 0.29) is 18.9 Å². The van der Waals surface area contributed by atoms with Crippen LogP contribution in [0.5, 0.6) is 0 Å². The van der Waals surface area contributed by atoms with Crippen molar-refractivity contribution < 1.29 is 13.2 Å². The van der Waals surface area contributed by atoms with E-state index in [1.165, 1.54) is 10.6 Å². The maximum atomic E-state index is 11.9. The predicted molar refractivity (Wildman–Crippen MR) is 82.2 cm³/mol. The van der Waals surface area contributed by atoms with Crippen molar-refractivity contribution >= 4 is 15.9 Å². The Balaban J connectivity index is 1.96. The van der Waals surface area contributed by atoms with Gasteiger partial charge in [-0.15, -0.1) is 0 Å². The molecular formula is C15H22N2O3S. The van der Waals surface area contributed by atoms with Gasteiger partial charge in [-0.05, 0) is 25.3 Å². The van der Waals surface area contributed by atoms with Crippen molar-refractivity contribution in [2.24, 2.45) is 0 Å². The number of nitrogens with one attached hydrogen (secondary N) is 1. The summed E-state index contributed by atoms with van der Waals surface area (Å²) in [6.45, 7) is 2.49. The van der Waals surface area contributed by atoms with Gasteiger partial charge in [-0.2, -0.15) is 4.31 Å². The van der Waals surface area contributed by atoms with E-state index < -0.39 is 10.0 Å². The van der Waals surface area contributed by atoms with Crippen LogP contribution in [0.15, 0.2) is 24.3 Å². The number of hydrogen-bond acceptors (Lipinski definition) is 3. The summed E-state index contributed by atoms with van der Waals surface area (Å²) < 4.78 is 25.1. The lowest BCUT2D eigenvalue weighted by atomic mass is 10.1. The molecule has 6 heteroatoms. The molecule has 1 fully saturated rings. The minimum absolute atomic E-state index is 0.0737. The van der Waals surface area contributed by atoms with Crippen LogP contribution in [0.1, 0.15) is 30.4 Å². The van der Waals surface area contributed by atoms with Crippen molar-refractivity contribution in [2.45, 2.75) is 38.8 Å². The first kappa shape index (κ1) is 16.0. The quantitative estimate of drug-likeness (QED) is 0.828. The van der Waals surface area contributed by atoms with Crippen molar-refractivity contribution in [3.63, 3.8) is 0 Å². The van der Waals surface area contributed by atoms with E-state index in [4.69, 9.17) is 0 Å². The fourth-order valence-electron chi connectivity index (χ4n) is 2.13. The van der Waals surface area contributed by atoms with Crippen LogP contribution in [0.4, 0.5) is 0 Å². The average Bonchev–Trinajstić information content (AvgIpc) is 3.17. The number of rotatable bonds is 7. The highest BCUT2D eigenvalue weighted by Gasteiger charge is 2.24. The van der Waals surface area contributed by atoms with Gasteiger partial charge in [0, 0.05) is 25.6 Å². The van der Waals surface area contributed by atoms with Crippen LogP contribution in [0.25, 0.3) is 0 Å². The molecule has 1 aromatic rings. The molecule has 0 saturated heterocycles. The van der Waals surface area contributed by atoms with Gasteiger partial charge in [-0.1, -0.05) is 29.8 Å². The molecule has 1 amide bonds. The SMILES string of the molecule is Cc1cccc(CN(CCC(=O)NC2CC2)S(C)(=O)=O)c1. The number of sulfonamides is 1. The van der Waals surface area contributed by atoms with Crippen LogP contribution >= 0.6 is 0 Å². The summed E-state index contributed by atoms with van der Waals surface area (Å²) in [6, 6.07) is 8.04. The van der Waals surface area contributed by atoms with Gasteiger partial charge in [-0.3, -0.25) is 4.79 Å². The Hall–Kier alpha value is -1.40. The minimum Gasteiger partial charge on any atom is -0.353 e. The van der Waals surface area contributed by atoms with Crippen LogP contribution < -0.4 is 5.32 Å². The van der Waals surface area contributed by atoms with Crippen molar-refractivity contribution in [1.29, 1.82) is 0 Å². The molecule has 0 atom stereocenters. The van der Waals surface area contributed by atoms with E-state index in [1.54, 1.807) is 0 Å². The maximum absolute atomic E-state index is 11.9. The van der Waals surface area contributed by atoms with E-state index in [9.17, 15) is 13.2 Å². The zero-order chi connectivity index (χ0) is 15.5. The zero-order valence-electron chi connectivity index (χ0n) is 12.5. The van der Waals surface area contributed by atoms with Crippen LogP contribution in [-0.4, -0.2) is 37.5 Å². The van der Waals surface area contributed by atoms with E-state index in [0.29, 0.717) is 12.6 Å². The maximum Gasteiger partial charge on any atom is 0.221 e. The summed E-state index contributed by atoms with van der Waals surface area (Å²) in [4.78, 5) is 11.7. The van der Waals surface area contributed by atoms with Crippen molar-refractivity contribution in [1.82, 2.24) is 9.62 Å². The van der Waals surface area contributed by atoms with E-state index >= 15 is 0 Å². The molecule has 0 heterocycles. The van der Waals surface area contributed by atoms with Gasteiger partial charge in [0.1, 0.15) is 0 Å². The second kappa shape index (κ2) is 6.58. The molecule has 0 aromatic heterocycles. The lowest BCUT2D eigenvalue weighted by Crippen LogP contribution is -2.34. The predicted octanol–water partition coefficient (Wildman–Crippen LogP) is 1.43. The van der Waals surface area contributed by atoms with Gasteiger partial charge >= 0.3 is 0 Å². The number of carbonyl (C=O) groups is 1. The number of hydrogen-bond donors (Lipinski definition) is 1. The normalized spacial score (nSPS) is 15.2. The standard InChI is InChI=1S/C15H22N2O3S/c1-12-4-3-5-13(10-12)11-17(21(2,19)20)9-8-15(18)16-14-6-7-14/h3-5,10,14H,6-9,11H2,1-2H3,(H,16,18). The zero-order valence-corrected chi connectivity index (χ0v) is 13.3. The first-order valence-electron chi connectivity index (χ1n) is 7.14. The van der Waals surface area contributed by atoms with Gasteiger partial charge < -0.3 is 5.32 Å². The third-order valence-corrected chi connectivity index (χ3v) is 4.69. The van der Waals surface area contributed by atoms with Gasteiger partial charge in [-0.25, -0.2) is 8.42 Å². The summed E-state index contributed by atoms with van der Waals surface area (Å²) in [5.74, 6) is -0.0737. The average molecular weight is 310 g/mol. The molecule has 21 heavy (non-hydrogen) atoms. The molecule has 0 unspecified atom stereocenters. The van der Waals surface area contributed by atoms with Crippen molar-refractivity contribution in [3.8, 4) is 0 Å². The molecule has 1 aromatic carbocycles. The highest BCUT2D eigenvalue weighted by atomic mass is 32.2. The lowest BCUT2D eigenvalue weighted by Gasteiger charge is -2.20. The third-order valence-electron chi connectivity index (χ3n) is 3.44. The molecular weight excluding hydrogens is 288 g/mol. The molecule has 1 saturated carbocycles. The Kier molecular flexibility index (Phi) is 5.00. The smallest absolute Gasteiger partial charge is 0.221 e. The van der Waals surface area contributed by atoms with Gasteiger partial charge in [0.15, 0.2) is 0 Å². The number of benzene rings is 1. The van der Waals surface area contributed by atoms with Gasteiger partial charge in [0.25, 0.3) is 0 Å². The molecule has 116 valence electrons. The Bertz CT molecular complexity index is 609. The van der Waals surface area contributed by atoms with Crippen LogP contribution in [0.2, 0.25) is 0 Å². The van der Waals surface area contributed by atoms with E-state index in [0.717, 1.165) is 24.0 Å². The fourth-order valence-corrected chi connectivity index (χ4v) is 2.94. The van der Waals surface area contributed by atoms with Crippen molar-refractivity contribution in [2.75, 3.05) is 12.8 Å². The number of amides is 1. The number of nitrogens with zero attached hydrogens (tertiary/aromatic N) is 1. The summed E-state index contributed by atoms with van der Waals surface area (Å²) in [5, 5.41) is 2.87. The monoisotopic (exact) mass is 310 g/mol. The van der Waals surface area contributed by atoms with E-state index in [2.05, 4.69) is 5.32 Å². The van der Waals surface area contributed by atoms with E-state index in [1.807, 2.05) is 31.2 Å². The second-order valence-corrected chi connectivity index (χ2v) is 7.66. The summed E-state index contributed by atoms with van der Waals surface area (Å²) in [6.07, 6.45) is 3.45. The number of aryl methyl sites for hydroxylation is 1. The summed E-state index contributed by atoms with van der Waals surface area (Å²) in [7, 11) is -3.33. The highest BCUT2D eigenvalue weighted by molar-refractivity contribution is 7.88. The molecule has 0 bridgehead atoms. The topological polar surface area (TPSA) is 66.5 Å². The lowest BCUT2D eigenvalue weighted by molar-refractivity contribution is -0.121. The summed E-state index contributed by atoms with van der Waals surface area (Å²) in [5.41, 5.74) is 2.02. The Labute approximate surface area is 126 Å². The first-order valence-corrected chi connectivity index (χ1v) is 8.99. The fraction of sp³-hybridized carbons (Fsp3) is 0.533. The van der Waals surface area contributed by atoms with Crippen LogP contribution in [0, 0.1) is 6.92 Å². The first-order chi connectivity index (χ1) is 9.84. The molecule has 1 N–H and O–H groups in total. The molecule has 2 rings (SSSR count). The molecule has 0 spiro atoms. The third kappa shape index (κ3) is 5.47. The Morgan fingerprint density at radius 3 is 2.67 bits per heavy atom. The Morgan fingerprint density at radius 1 is 1.38 bits per heavy atom. The highest BCUT2D eigenvalue weighted by Crippen LogP contribution is 2.18. The van der Waals surface area contributed by atoms with Crippen molar-refractivity contribution in [3.05, 3.63) is 35.4 Å². The molecule has 0 radical (unpaired) electrons. The molecule has 1 aliphatic rings. The number of carbonyl (C=O) groups excluding carboxylic acids is 1.